The van der Waals surface area contributed by atoms with E-state index < -0.39 is 0 Å². The minimum absolute atomic E-state index is 0.0623. The molecule has 0 aliphatic heterocycles. The molecule has 2 aromatic heterocycles. The Bertz CT molecular complexity index is 965. The number of hydrogen-bond acceptors (Lipinski definition) is 6. The molecule has 26 heavy (non-hydrogen) atoms. The average molecular weight is 349 g/mol. The fraction of sp³-hybridized carbons (Fsp3) is 0.316. The van der Waals surface area contributed by atoms with Crippen molar-refractivity contribution < 1.29 is 0 Å². The zero-order valence-corrected chi connectivity index (χ0v) is 15.2. The zero-order valence-electron chi connectivity index (χ0n) is 15.2. The van der Waals surface area contributed by atoms with E-state index in [1.165, 1.54) is 11.4 Å². The fourth-order valence-electron chi connectivity index (χ4n) is 2.90. The Morgan fingerprint density at radius 2 is 1.88 bits per heavy atom. The number of benzene rings is 1. The highest BCUT2D eigenvalue weighted by Gasteiger charge is 2.22. The van der Waals surface area contributed by atoms with Gasteiger partial charge in [-0.25, -0.2) is 4.98 Å². The molecule has 1 aromatic carbocycles. The van der Waals surface area contributed by atoms with Crippen LogP contribution in [0.4, 0.5) is 17.5 Å². The Morgan fingerprint density at radius 1 is 1.04 bits per heavy atom. The van der Waals surface area contributed by atoms with Crippen LogP contribution in [0.1, 0.15) is 33.6 Å². The lowest BCUT2D eigenvalue weighted by Gasteiger charge is -2.32. The molecule has 1 aliphatic carbocycles. The van der Waals surface area contributed by atoms with Crippen molar-refractivity contribution in [3.63, 3.8) is 0 Å². The number of hydrogen-bond donors (Lipinski definition) is 4. The quantitative estimate of drug-likeness (QED) is 0.558. The van der Waals surface area contributed by atoms with Crippen molar-refractivity contribution in [3.05, 3.63) is 48.1 Å². The van der Waals surface area contributed by atoms with Gasteiger partial charge < -0.3 is 16.0 Å². The van der Waals surface area contributed by atoms with E-state index in [1.807, 2.05) is 24.3 Å². The van der Waals surface area contributed by atoms with Gasteiger partial charge in [-0.1, -0.05) is 0 Å². The first-order valence-electron chi connectivity index (χ1n) is 8.77. The monoisotopic (exact) mass is 349 g/mol. The molecule has 2 heterocycles. The number of anilines is 3. The molecule has 0 saturated carbocycles. The first kappa shape index (κ1) is 16.4. The molecule has 0 spiro atoms. The lowest BCUT2D eigenvalue weighted by Crippen LogP contribution is -2.38. The molecular formula is C19H23N7. The molecule has 1 aliphatic rings. The molecule has 4 N–H and O–H groups in total. The summed E-state index contributed by atoms with van der Waals surface area (Å²) in [6.45, 7) is 6.50. The highest BCUT2D eigenvalue weighted by molar-refractivity contribution is 5.82. The smallest absolute Gasteiger partial charge is 0.229 e. The van der Waals surface area contributed by atoms with E-state index in [4.69, 9.17) is 0 Å². The number of aromatic nitrogens is 4. The van der Waals surface area contributed by atoms with Crippen LogP contribution in [0.2, 0.25) is 0 Å². The predicted octanol–water partition coefficient (Wildman–Crippen LogP) is 3.90. The lowest BCUT2D eigenvalue weighted by atomic mass is 9.97. The average Bonchev–Trinajstić information content (AvgIpc) is 3.04. The van der Waals surface area contributed by atoms with Gasteiger partial charge in [-0.05, 0) is 57.9 Å². The molecule has 0 atom stereocenters. The number of fused-ring (bicyclic) bond motifs is 1. The topological polar surface area (TPSA) is 90.6 Å². The standard InChI is InChI=1S/C19H23N7/c1-19(2,3)25-16-7-6-15(16)23-17-8-9-20-18(24-17)22-13-4-5-14-12(10-13)11-21-26-14/h4-5,8-11,25H,6-7H2,1-3H3,(H,21,26)(H2,20,22,23,24). The van der Waals surface area contributed by atoms with E-state index in [0.717, 1.165) is 35.2 Å². The minimum Gasteiger partial charge on any atom is -0.382 e. The van der Waals surface area contributed by atoms with Gasteiger partial charge in [0.2, 0.25) is 5.95 Å². The minimum atomic E-state index is 0.0623. The van der Waals surface area contributed by atoms with Crippen LogP contribution < -0.4 is 16.0 Å². The van der Waals surface area contributed by atoms with E-state index >= 15 is 0 Å². The summed E-state index contributed by atoms with van der Waals surface area (Å²) in [4.78, 5) is 8.88. The van der Waals surface area contributed by atoms with Crippen molar-refractivity contribution in [2.24, 2.45) is 0 Å². The van der Waals surface area contributed by atoms with Gasteiger partial charge in [0.25, 0.3) is 0 Å². The van der Waals surface area contributed by atoms with Crippen molar-refractivity contribution in [1.82, 2.24) is 25.5 Å². The number of H-pyrrole nitrogens is 1. The Hall–Kier alpha value is -3.09. The second kappa shape index (κ2) is 6.33. The summed E-state index contributed by atoms with van der Waals surface area (Å²) in [5.74, 6) is 1.35. The Morgan fingerprint density at radius 3 is 2.65 bits per heavy atom. The van der Waals surface area contributed by atoms with Crippen molar-refractivity contribution in [2.75, 3.05) is 10.6 Å². The molecule has 0 saturated heterocycles. The van der Waals surface area contributed by atoms with Gasteiger partial charge in [-0.15, -0.1) is 0 Å². The normalized spacial score (nSPS) is 14.3. The maximum Gasteiger partial charge on any atom is 0.229 e. The van der Waals surface area contributed by atoms with E-state index in [2.05, 4.69) is 56.9 Å². The number of aromatic amines is 1. The largest absolute Gasteiger partial charge is 0.382 e. The van der Waals surface area contributed by atoms with Gasteiger partial charge in [0.15, 0.2) is 0 Å². The third kappa shape index (κ3) is 3.61. The molecule has 0 amide bonds. The second-order valence-electron chi connectivity index (χ2n) is 7.52. The fourth-order valence-corrected chi connectivity index (χ4v) is 2.90. The van der Waals surface area contributed by atoms with E-state index in [-0.39, 0.29) is 5.54 Å². The molecule has 0 bridgehead atoms. The van der Waals surface area contributed by atoms with Crippen LogP contribution >= 0.6 is 0 Å². The number of nitrogens with zero attached hydrogens (tertiary/aromatic N) is 3. The molecule has 0 unspecified atom stereocenters. The predicted molar refractivity (Wildman–Crippen MR) is 104 cm³/mol. The third-order valence-corrected chi connectivity index (χ3v) is 4.15. The summed E-state index contributed by atoms with van der Waals surface area (Å²) in [5.41, 5.74) is 4.45. The zero-order chi connectivity index (χ0) is 18.1. The van der Waals surface area contributed by atoms with Crippen LogP contribution in [0.3, 0.4) is 0 Å². The maximum absolute atomic E-state index is 4.57. The van der Waals surface area contributed by atoms with Gasteiger partial charge in [-0.2, -0.15) is 10.1 Å². The van der Waals surface area contributed by atoms with Crippen molar-refractivity contribution in [2.45, 2.75) is 39.2 Å². The Kier molecular flexibility index (Phi) is 3.99. The third-order valence-electron chi connectivity index (χ3n) is 4.15. The van der Waals surface area contributed by atoms with Gasteiger partial charge in [0.05, 0.1) is 11.7 Å². The molecule has 7 heteroatoms. The lowest BCUT2D eigenvalue weighted by molar-refractivity contribution is 0.446. The summed E-state index contributed by atoms with van der Waals surface area (Å²) >= 11 is 0. The van der Waals surface area contributed by atoms with Crippen LogP contribution in [-0.4, -0.2) is 25.7 Å². The second-order valence-corrected chi connectivity index (χ2v) is 7.52. The number of allylic oxidation sites excluding steroid dienone is 2. The highest BCUT2D eigenvalue weighted by Crippen LogP contribution is 2.28. The molecule has 0 fully saturated rings. The van der Waals surface area contributed by atoms with Crippen LogP contribution in [0, 0.1) is 0 Å². The molecule has 3 aromatic rings. The molecular weight excluding hydrogens is 326 g/mol. The van der Waals surface area contributed by atoms with Gasteiger partial charge >= 0.3 is 0 Å². The van der Waals surface area contributed by atoms with E-state index in [1.54, 1.807) is 12.4 Å². The highest BCUT2D eigenvalue weighted by atomic mass is 15.2. The Balaban J connectivity index is 1.49. The first-order chi connectivity index (χ1) is 12.5. The maximum atomic E-state index is 4.57. The van der Waals surface area contributed by atoms with E-state index in [9.17, 15) is 0 Å². The molecule has 0 radical (unpaired) electrons. The number of rotatable bonds is 5. The van der Waals surface area contributed by atoms with E-state index in [0.29, 0.717) is 5.95 Å². The molecule has 134 valence electrons. The summed E-state index contributed by atoms with van der Waals surface area (Å²) in [7, 11) is 0. The van der Waals surface area contributed by atoms with Gasteiger partial charge in [0.1, 0.15) is 5.82 Å². The summed E-state index contributed by atoms with van der Waals surface area (Å²) < 4.78 is 0. The van der Waals surface area contributed by atoms with Crippen molar-refractivity contribution in [3.8, 4) is 0 Å². The first-order valence-corrected chi connectivity index (χ1v) is 8.77. The SMILES string of the molecule is CC(C)(C)NC1=C(Nc2ccnc(Nc3ccc4[nH]ncc4c3)n2)CC1. The van der Waals surface area contributed by atoms with Gasteiger partial charge in [-0.3, -0.25) is 5.10 Å². The van der Waals surface area contributed by atoms with Crippen LogP contribution in [0.15, 0.2) is 48.1 Å². The van der Waals surface area contributed by atoms with Crippen LogP contribution in [0.5, 0.6) is 0 Å². The number of nitrogens with one attached hydrogen (secondary N) is 4. The van der Waals surface area contributed by atoms with Crippen LogP contribution in [-0.2, 0) is 0 Å². The molecule has 7 nitrogen and oxygen atoms in total. The van der Waals surface area contributed by atoms with Crippen LogP contribution in [0.25, 0.3) is 10.9 Å². The summed E-state index contributed by atoms with van der Waals surface area (Å²) in [5, 5.41) is 18.2. The Labute approximate surface area is 152 Å². The van der Waals surface area contributed by atoms with Crippen molar-refractivity contribution in [1.29, 1.82) is 0 Å². The van der Waals surface area contributed by atoms with Gasteiger partial charge in [0, 0.05) is 34.2 Å². The summed E-state index contributed by atoms with van der Waals surface area (Å²) in [6, 6.07) is 7.85. The van der Waals surface area contributed by atoms with Crippen molar-refractivity contribution >= 4 is 28.4 Å². The summed E-state index contributed by atoms with van der Waals surface area (Å²) in [6.07, 6.45) is 5.65. The molecule has 4 rings (SSSR count).